The lowest BCUT2D eigenvalue weighted by atomic mass is 9.86. The number of halogens is 1. The van der Waals surface area contributed by atoms with E-state index in [2.05, 4.69) is 25.8 Å². The molecule has 1 heterocycles. The van der Waals surface area contributed by atoms with Gasteiger partial charge in [-0.1, -0.05) is 27.2 Å². The van der Waals surface area contributed by atoms with Gasteiger partial charge in [0.2, 0.25) is 0 Å². The molecule has 0 bridgehead atoms. The summed E-state index contributed by atoms with van der Waals surface area (Å²) in [7, 11) is 0. The van der Waals surface area contributed by atoms with Gasteiger partial charge in [-0.05, 0) is 35.8 Å². The quantitative estimate of drug-likeness (QED) is 0.748. The van der Waals surface area contributed by atoms with Crippen LogP contribution in [0.5, 0.6) is 5.75 Å². The summed E-state index contributed by atoms with van der Waals surface area (Å²) in [5.41, 5.74) is 0.970. The second kappa shape index (κ2) is 4.63. The van der Waals surface area contributed by atoms with Crippen LogP contribution in [0.15, 0.2) is 12.3 Å². The average Bonchev–Trinajstić information content (AvgIpc) is 2.16. The molecule has 1 saturated carbocycles. The molecule has 0 atom stereocenters. The second-order valence-corrected chi connectivity index (χ2v) is 5.87. The van der Waals surface area contributed by atoms with Crippen molar-refractivity contribution in [2.45, 2.75) is 45.4 Å². The van der Waals surface area contributed by atoms with E-state index in [0.717, 1.165) is 5.56 Å². The summed E-state index contributed by atoms with van der Waals surface area (Å²) >= 11 is 0. The maximum Gasteiger partial charge on any atom is 0.255 e. The zero-order valence-electron chi connectivity index (χ0n) is 10.8. The molecule has 17 heavy (non-hydrogen) atoms. The number of hydrogen-bond acceptors (Lipinski definition) is 2. The molecule has 0 aliphatic heterocycles. The van der Waals surface area contributed by atoms with E-state index in [4.69, 9.17) is 4.74 Å². The molecule has 1 aliphatic carbocycles. The second-order valence-electron chi connectivity index (χ2n) is 5.87. The molecular weight excluding hydrogens is 217 g/mol. The van der Waals surface area contributed by atoms with E-state index in [1.165, 1.54) is 19.3 Å². The summed E-state index contributed by atoms with van der Waals surface area (Å²) in [6.07, 6.45) is 5.27. The van der Waals surface area contributed by atoms with Crippen molar-refractivity contribution in [1.29, 1.82) is 0 Å². The van der Waals surface area contributed by atoms with Crippen LogP contribution in [0.4, 0.5) is 4.39 Å². The third-order valence-corrected chi connectivity index (χ3v) is 3.37. The molecule has 2 rings (SSSR count). The van der Waals surface area contributed by atoms with E-state index in [1.807, 2.05) is 0 Å². The Kier molecular flexibility index (Phi) is 3.36. The van der Waals surface area contributed by atoms with Crippen molar-refractivity contribution >= 4 is 0 Å². The molecule has 0 radical (unpaired) electrons. The van der Waals surface area contributed by atoms with Crippen LogP contribution in [0.2, 0.25) is 0 Å². The van der Waals surface area contributed by atoms with Gasteiger partial charge in [0.1, 0.15) is 0 Å². The molecule has 0 amide bonds. The van der Waals surface area contributed by atoms with E-state index >= 15 is 0 Å². The number of rotatable bonds is 3. The van der Waals surface area contributed by atoms with Gasteiger partial charge < -0.3 is 4.74 Å². The van der Waals surface area contributed by atoms with Crippen molar-refractivity contribution in [3.05, 3.63) is 23.8 Å². The summed E-state index contributed by atoms with van der Waals surface area (Å²) in [5, 5.41) is 0. The fourth-order valence-corrected chi connectivity index (χ4v) is 1.81. The zero-order chi connectivity index (χ0) is 12.5. The van der Waals surface area contributed by atoms with Crippen molar-refractivity contribution in [2.24, 2.45) is 5.92 Å². The highest BCUT2D eigenvalue weighted by Crippen LogP contribution is 2.29. The fourth-order valence-electron chi connectivity index (χ4n) is 1.81. The van der Waals surface area contributed by atoms with Crippen molar-refractivity contribution in [1.82, 2.24) is 4.98 Å². The Morgan fingerprint density at radius 3 is 2.65 bits per heavy atom. The maximum atomic E-state index is 13.5. The van der Waals surface area contributed by atoms with E-state index in [9.17, 15) is 4.39 Å². The van der Waals surface area contributed by atoms with Crippen molar-refractivity contribution in [2.75, 3.05) is 6.61 Å². The predicted molar refractivity (Wildman–Crippen MR) is 65.7 cm³/mol. The largest absolute Gasteiger partial charge is 0.488 e. The Balaban J connectivity index is 2.08. The highest BCUT2D eigenvalue weighted by molar-refractivity contribution is 5.29. The van der Waals surface area contributed by atoms with Gasteiger partial charge in [0.15, 0.2) is 5.75 Å². The first kappa shape index (κ1) is 12.3. The van der Waals surface area contributed by atoms with Gasteiger partial charge in [0.25, 0.3) is 5.95 Å². The first-order chi connectivity index (χ1) is 7.97. The molecule has 0 N–H and O–H groups in total. The molecule has 1 aliphatic rings. The summed E-state index contributed by atoms with van der Waals surface area (Å²) < 4.78 is 19.0. The molecule has 0 aromatic carbocycles. The summed E-state index contributed by atoms with van der Waals surface area (Å²) in [4.78, 5) is 3.78. The van der Waals surface area contributed by atoms with E-state index in [-0.39, 0.29) is 5.41 Å². The number of nitrogens with zero attached hydrogens (tertiary/aromatic N) is 1. The molecule has 1 aromatic rings. The number of hydrogen-bond donors (Lipinski definition) is 0. The number of pyridine rings is 1. The van der Waals surface area contributed by atoms with Gasteiger partial charge in [-0.15, -0.1) is 0 Å². The molecule has 94 valence electrons. The summed E-state index contributed by atoms with van der Waals surface area (Å²) in [6.45, 7) is 6.86. The third kappa shape index (κ3) is 2.96. The van der Waals surface area contributed by atoms with Crippen molar-refractivity contribution < 1.29 is 9.13 Å². The fraction of sp³-hybridized carbons (Fsp3) is 0.643. The maximum absolute atomic E-state index is 13.5. The Morgan fingerprint density at radius 1 is 1.41 bits per heavy atom. The highest BCUT2D eigenvalue weighted by Gasteiger charge is 2.20. The number of aromatic nitrogens is 1. The SMILES string of the molecule is CC(C)(C)c1cnc(F)c(OCC2CCC2)c1. The number of ether oxygens (including phenoxy) is 1. The topological polar surface area (TPSA) is 22.1 Å². The van der Waals surface area contributed by atoms with Gasteiger partial charge in [-0.2, -0.15) is 4.39 Å². The van der Waals surface area contributed by atoms with Crippen LogP contribution >= 0.6 is 0 Å². The lowest BCUT2D eigenvalue weighted by molar-refractivity contribution is 0.174. The van der Waals surface area contributed by atoms with Crippen molar-refractivity contribution in [3.63, 3.8) is 0 Å². The lowest BCUT2D eigenvalue weighted by Gasteiger charge is -2.25. The molecule has 0 saturated heterocycles. The summed E-state index contributed by atoms with van der Waals surface area (Å²) in [5.74, 6) is 0.398. The molecule has 0 unspecified atom stereocenters. The smallest absolute Gasteiger partial charge is 0.255 e. The zero-order valence-corrected chi connectivity index (χ0v) is 10.8. The predicted octanol–water partition coefficient (Wildman–Crippen LogP) is 3.70. The summed E-state index contributed by atoms with van der Waals surface area (Å²) in [6, 6.07) is 1.78. The standard InChI is InChI=1S/C14H20FNO/c1-14(2,3)11-7-12(13(15)16-8-11)17-9-10-5-4-6-10/h7-8,10H,4-6,9H2,1-3H3. The highest BCUT2D eigenvalue weighted by atomic mass is 19.1. The first-order valence-electron chi connectivity index (χ1n) is 6.25. The molecule has 0 spiro atoms. The Morgan fingerprint density at radius 2 is 2.12 bits per heavy atom. The van der Waals surface area contributed by atoms with Crippen LogP contribution in [-0.2, 0) is 5.41 Å². The molecule has 1 fully saturated rings. The van der Waals surface area contributed by atoms with Crippen LogP contribution in [-0.4, -0.2) is 11.6 Å². The average molecular weight is 237 g/mol. The molecule has 1 aromatic heterocycles. The van der Waals surface area contributed by atoms with Gasteiger partial charge in [-0.3, -0.25) is 0 Å². The minimum Gasteiger partial charge on any atom is -0.488 e. The normalized spacial score (nSPS) is 16.7. The Hall–Kier alpha value is -1.12. The monoisotopic (exact) mass is 237 g/mol. The minimum atomic E-state index is -0.502. The van der Waals surface area contributed by atoms with Gasteiger partial charge in [-0.25, -0.2) is 4.98 Å². The Bertz CT molecular complexity index is 394. The first-order valence-corrected chi connectivity index (χ1v) is 6.25. The van der Waals surface area contributed by atoms with Crippen LogP contribution in [0.3, 0.4) is 0 Å². The third-order valence-electron chi connectivity index (χ3n) is 3.37. The van der Waals surface area contributed by atoms with Gasteiger partial charge in [0, 0.05) is 6.20 Å². The molecule has 3 heteroatoms. The van der Waals surface area contributed by atoms with Crippen LogP contribution in [0.1, 0.15) is 45.6 Å². The lowest BCUT2D eigenvalue weighted by Crippen LogP contribution is -2.20. The Labute approximate surface area is 102 Å². The molecule has 2 nitrogen and oxygen atoms in total. The minimum absolute atomic E-state index is 0.0325. The van der Waals surface area contributed by atoms with E-state index < -0.39 is 5.95 Å². The van der Waals surface area contributed by atoms with Crippen LogP contribution in [0.25, 0.3) is 0 Å². The van der Waals surface area contributed by atoms with Crippen LogP contribution in [0, 0.1) is 11.9 Å². The van der Waals surface area contributed by atoms with E-state index in [0.29, 0.717) is 18.3 Å². The van der Waals surface area contributed by atoms with Gasteiger partial charge in [0.05, 0.1) is 6.61 Å². The van der Waals surface area contributed by atoms with E-state index in [1.54, 1.807) is 12.3 Å². The molecular formula is C14H20FNO. The van der Waals surface area contributed by atoms with Crippen LogP contribution < -0.4 is 4.74 Å². The van der Waals surface area contributed by atoms with Crippen molar-refractivity contribution in [3.8, 4) is 5.75 Å². The van der Waals surface area contributed by atoms with Gasteiger partial charge >= 0.3 is 0 Å².